The summed E-state index contributed by atoms with van der Waals surface area (Å²) in [5.41, 5.74) is 4.65. The quantitative estimate of drug-likeness (QED) is 0.312. The molecule has 7 nitrogen and oxygen atoms in total. The van der Waals surface area contributed by atoms with Crippen LogP contribution in [0.5, 0.6) is 0 Å². The number of unbranched alkanes of at least 4 members (excludes halogenated alkanes) is 1. The number of carbonyl (C=O) groups is 1. The predicted molar refractivity (Wildman–Crippen MR) is 161 cm³/mol. The lowest BCUT2D eigenvalue weighted by Crippen LogP contribution is -2.28. The molecule has 3 aromatic rings. The number of sulfonamides is 1. The Labute approximate surface area is 238 Å². The summed E-state index contributed by atoms with van der Waals surface area (Å²) in [5.74, 6) is -0.949. The van der Waals surface area contributed by atoms with Crippen molar-refractivity contribution < 1.29 is 13.2 Å². The van der Waals surface area contributed by atoms with Crippen molar-refractivity contribution in [2.45, 2.75) is 56.4 Å². The Balaban J connectivity index is 1.49. The Hall–Kier alpha value is -3.33. The van der Waals surface area contributed by atoms with Crippen LogP contribution in [0.15, 0.2) is 82.7 Å². The molecular weight excluding hydrogens is 520 g/mol. The van der Waals surface area contributed by atoms with Crippen LogP contribution in [-0.4, -0.2) is 55.9 Å². The first-order valence-electron chi connectivity index (χ1n) is 14.2. The van der Waals surface area contributed by atoms with E-state index < -0.39 is 15.9 Å². The standard InChI is InChI=1S/C32H38N4O3S/c1-3-4-19-35(2)40(38,39)27-17-18-29-28(22-27)30(32(37)34-29)31(25-11-7-5-8-12-25)33-26-15-13-24(14-16-26)23-36-20-9-6-10-21-36/h5,7-8,11-18,22,30H,3-4,6,9-10,19-21,23H2,1-2H3,(H,34,37). The summed E-state index contributed by atoms with van der Waals surface area (Å²) in [6.07, 6.45) is 5.51. The third kappa shape index (κ3) is 6.19. The monoisotopic (exact) mass is 558 g/mol. The van der Waals surface area contributed by atoms with Crippen molar-refractivity contribution in [2.24, 2.45) is 4.99 Å². The topological polar surface area (TPSA) is 82.1 Å². The van der Waals surface area contributed by atoms with Crippen LogP contribution in [0, 0.1) is 0 Å². The number of amides is 1. The number of carbonyl (C=O) groups excluding carboxylic acids is 1. The summed E-state index contributed by atoms with van der Waals surface area (Å²) in [4.78, 5) is 21.1. The molecule has 210 valence electrons. The van der Waals surface area contributed by atoms with Crippen LogP contribution < -0.4 is 5.32 Å². The molecule has 0 spiro atoms. The number of hydrogen-bond donors (Lipinski definition) is 1. The first-order valence-corrected chi connectivity index (χ1v) is 15.7. The van der Waals surface area contributed by atoms with E-state index in [-0.39, 0.29) is 10.8 Å². The second-order valence-electron chi connectivity index (χ2n) is 10.7. The Morgan fingerprint density at radius 3 is 2.42 bits per heavy atom. The van der Waals surface area contributed by atoms with Crippen LogP contribution in [0.4, 0.5) is 11.4 Å². The number of anilines is 1. The smallest absolute Gasteiger partial charge is 0.242 e. The predicted octanol–water partition coefficient (Wildman–Crippen LogP) is 5.95. The molecule has 1 unspecified atom stereocenters. The van der Waals surface area contributed by atoms with Gasteiger partial charge in [-0.1, -0.05) is 62.2 Å². The van der Waals surface area contributed by atoms with Gasteiger partial charge in [0.25, 0.3) is 0 Å². The normalized spacial score (nSPS) is 18.1. The van der Waals surface area contributed by atoms with Crippen LogP contribution in [-0.2, 0) is 21.4 Å². The van der Waals surface area contributed by atoms with Gasteiger partial charge in [-0.3, -0.25) is 14.7 Å². The minimum absolute atomic E-state index is 0.181. The minimum Gasteiger partial charge on any atom is -0.325 e. The lowest BCUT2D eigenvalue weighted by Gasteiger charge is -2.26. The number of hydrogen-bond acceptors (Lipinski definition) is 5. The van der Waals surface area contributed by atoms with Crippen LogP contribution in [0.3, 0.4) is 0 Å². The van der Waals surface area contributed by atoms with Crippen molar-refractivity contribution in [3.63, 3.8) is 0 Å². The molecule has 0 aliphatic carbocycles. The summed E-state index contributed by atoms with van der Waals surface area (Å²) in [6, 6.07) is 22.7. The van der Waals surface area contributed by atoms with E-state index in [4.69, 9.17) is 4.99 Å². The van der Waals surface area contributed by atoms with E-state index in [2.05, 4.69) is 22.3 Å². The zero-order chi connectivity index (χ0) is 28.1. The average Bonchev–Trinajstić information content (AvgIpc) is 3.31. The average molecular weight is 559 g/mol. The van der Waals surface area contributed by atoms with Crippen molar-refractivity contribution in [3.05, 3.63) is 89.5 Å². The molecule has 0 bridgehead atoms. The SMILES string of the molecule is CCCCN(C)S(=O)(=O)c1ccc2c(c1)C(C(=Nc1ccc(CN3CCCCC3)cc1)c1ccccc1)C(=O)N2. The van der Waals surface area contributed by atoms with E-state index in [1.54, 1.807) is 25.2 Å². The van der Waals surface area contributed by atoms with Gasteiger partial charge in [-0.2, -0.15) is 0 Å². The van der Waals surface area contributed by atoms with Crippen molar-refractivity contribution in [1.29, 1.82) is 0 Å². The number of benzene rings is 3. The first-order chi connectivity index (χ1) is 19.4. The highest BCUT2D eigenvalue weighted by Crippen LogP contribution is 2.38. The highest BCUT2D eigenvalue weighted by atomic mass is 32.2. The van der Waals surface area contributed by atoms with Gasteiger partial charge in [0.15, 0.2) is 0 Å². The molecule has 5 rings (SSSR count). The molecule has 2 heterocycles. The first kappa shape index (κ1) is 28.2. The fraction of sp³-hybridized carbons (Fsp3) is 0.375. The molecule has 2 aliphatic heterocycles. The van der Waals surface area contributed by atoms with Crippen LogP contribution >= 0.6 is 0 Å². The Kier molecular flexibility index (Phi) is 8.78. The Morgan fingerprint density at radius 2 is 1.73 bits per heavy atom. The summed E-state index contributed by atoms with van der Waals surface area (Å²) in [5, 5.41) is 2.95. The Bertz CT molecular complexity index is 1460. The maximum atomic E-state index is 13.4. The number of fused-ring (bicyclic) bond motifs is 1. The van der Waals surface area contributed by atoms with Crippen molar-refractivity contribution in [2.75, 3.05) is 32.0 Å². The van der Waals surface area contributed by atoms with Gasteiger partial charge in [-0.15, -0.1) is 0 Å². The molecular formula is C32H38N4O3S. The van der Waals surface area contributed by atoms with Crippen molar-refractivity contribution >= 4 is 33.0 Å². The van der Waals surface area contributed by atoms with Gasteiger partial charge in [0, 0.05) is 25.8 Å². The highest BCUT2D eigenvalue weighted by Gasteiger charge is 2.37. The largest absolute Gasteiger partial charge is 0.325 e. The van der Waals surface area contributed by atoms with Crippen LogP contribution in [0.2, 0.25) is 0 Å². The van der Waals surface area contributed by atoms with Crippen LogP contribution in [0.25, 0.3) is 0 Å². The van der Waals surface area contributed by atoms with Crippen LogP contribution in [0.1, 0.15) is 61.6 Å². The van der Waals surface area contributed by atoms with E-state index in [1.807, 2.05) is 49.4 Å². The molecule has 0 radical (unpaired) electrons. The summed E-state index contributed by atoms with van der Waals surface area (Å²) >= 11 is 0. The van der Waals surface area contributed by atoms with Gasteiger partial charge in [-0.25, -0.2) is 12.7 Å². The molecule has 0 aromatic heterocycles. The molecule has 1 saturated heterocycles. The summed E-state index contributed by atoms with van der Waals surface area (Å²) in [6.45, 7) is 5.68. The molecule has 1 atom stereocenters. The zero-order valence-corrected chi connectivity index (χ0v) is 24.2. The van der Waals surface area contributed by atoms with E-state index in [0.29, 0.717) is 23.5 Å². The lowest BCUT2D eigenvalue weighted by atomic mass is 9.90. The fourth-order valence-electron chi connectivity index (χ4n) is 5.45. The van der Waals surface area contributed by atoms with Gasteiger partial charge in [-0.05, 0) is 79.4 Å². The van der Waals surface area contributed by atoms with Crippen molar-refractivity contribution in [3.8, 4) is 0 Å². The van der Waals surface area contributed by atoms with Gasteiger partial charge >= 0.3 is 0 Å². The fourth-order valence-corrected chi connectivity index (χ4v) is 6.69. The van der Waals surface area contributed by atoms with Gasteiger partial charge in [0.1, 0.15) is 5.92 Å². The van der Waals surface area contributed by atoms with E-state index >= 15 is 0 Å². The number of aliphatic imine (C=N–C) groups is 1. The van der Waals surface area contributed by atoms with E-state index in [0.717, 1.165) is 43.7 Å². The third-order valence-electron chi connectivity index (χ3n) is 7.77. The highest BCUT2D eigenvalue weighted by molar-refractivity contribution is 7.89. The molecule has 2 aliphatic rings. The van der Waals surface area contributed by atoms with Gasteiger partial charge < -0.3 is 5.32 Å². The second kappa shape index (κ2) is 12.5. The van der Waals surface area contributed by atoms with E-state index in [1.165, 1.54) is 29.1 Å². The number of piperidine rings is 1. The minimum atomic E-state index is -3.69. The number of nitrogens with zero attached hydrogens (tertiary/aromatic N) is 3. The van der Waals surface area contributed by atoms with E-state index in [9.17, 15) is 13.2 Å². The third-order valence-corrected chi connectivity index (χ3v) is 9.63. The molecule has 0 saturated carbocycles. The summed E-state index contributed by atoms with van der Waals surface area (Å²) in [7, 11) is -2.09. The maximum absolute atomic E-state index is 13.4. The molecule has 40 heavy (non-hydrogen) atoms. The van der Waals surface area contributed by atoms with Gasteiger partial charge in [0.2, 0.25) is 15.9 Å². The number of nitrogens with one attached hydrogen (secondary N) is 1. The molecule has 3 aromatic carbocycles. The number of likely N-dealkylation sites (tertiary alicyclic amines) is 1. The molecule has 8 heteroatoms. The second-order valence-corrected chi connectivity index (χ2v) is 12.8. The lowest BCUT2D eigenvalue weighted by molar-refractivity contribution is -0.115. The zero-order valence-electron chi connectivity index (χ0n) is 23.3. The van der Waals surface area contributed by atoms with Crippen molar-refractivity contribution in [1.82, 2.24) is 9.21 Å². The molecule has 1 amide bonds. The molecule has 1 fully saturated rings. The maximum Gasteiger partial charge on any atom is 0.242 e. The Morgan fingerprint density at radius 1 is 1.00 bits per heavy atom. The number of rotatable bonds is 10. The summed E-state index contributed by atoms with van der Waals surface area (Å²) < 4.78 is 28.0. The van der Waals surface area contributed by atoms with Gasteiger partial charge in [0.05, 0.1) is 16.3 Å². The molecule has 1 N–H and O–H groups in total.